The lowest BCUT2D eigenvalue weighted by atomic mass is 10.0. The van der Waals surface area contributed by atoms with Gasteiger partial charge in [0.2, 0.25) is 0 Å². The summed E-state index contributed by atoms with van der Waals surface area (Å²) in [6, 6.07) is 5.89. The quantitative estimate of drug-likeness (QED) is 0.741. The van der Waals surface area contributed by atoms with Gasteiger partial charge in [-0.15, -0.1) is 0 Å². The maximum Gasteiger partial charge on any atom is 0.410 e. The van der Waals surface area contributed by atoms with E-state index in [1.165, 1.54) is 0 Å². The molecule has 1 aliphatic rings. The van der Waals surface area contributed by atoms with Crippen LogP contribution >= 0.6 is 15.9 Å². The average Bonchev–Trinajstić information content (AvgIpc) is 2.75. The second-order valence-corrected chi connectivity index (χ2v) is 6.61. The Bertz CT molecular complexity index is 471. The Labute approximate surface area is 122 Å². The third-order valence-electron chi connectivity index (χ3n) is 2.99. The third kappa shape index (κ3) is 3.93. The van der Waals surface area contributed by atoms with E-state index in [0.717, 1.165) is 23.3 Å². The van der Waals surface area contributed by atoms with Crippen LogP contribution < -0.4 is 0 Å². The Morgan fingerprint density at radius 2 is 2.21 bits per heavy atom. The molecule has 0 aliphatic carbocycles. The zero-order valence-corrected chi connectivity index (χ0v) is 13.1. The van der Waals surface area contributed by atoms with E-state index in [1.54, 1.807) is 4.90 Å². The van der Waals surface area contributed by atoms with Gasteiger partial charge in [0.05, 0.1) is 0 Å². The highest BCUT2D eigenvalue weighted by atomic mass is 79.9. The molecule has 0 bridgehead atoms. The number of amides is 1. The van der Waals surface area contributed by atoms with Crippen LogP contribution in [0.2, 0.25) is 0 Å². The maximum absolute atomic E-state index is 12.0. The molecule has 1 aromatic rings. The van der Waals surface area contributed by atoms with Crippen molar-refractivity contribution in [3.63, 3.8) is 0 Å². The van der Waals surface area contributed by atoms with Crippen molar-refractivity contribution < 1.29 is 9.53 Å². The first kappa shape index (κ1) is 14.3. The summed E-state index contributed by atoms with van der Waals surface area (Å²) >= 11 is 3.38. The molecule has 4 nitrogen and oxygen atoms in total. The number of pyridine rings is 1. The van der Waals surface area contributed by atoms with Crippen LogP contribution in [0.3, 0.4) is 0 Å². The second-order valence-electron chi connectivity index (χ2n) is 5.80. The number of halogens is 1. The summed E-state index contributed by atoms with van der Waals surface area (Å²) in [6.07, 6.45) is 0.702. The Morgan fingerprint density at radius 3 is 2.84 bits per heavy atom. The molecule has 1 fully saturated rings. The van der Waals surface area contributed by atoms with Gasteiger partial charge >= 0.3 is 6.09 Å². The first-order valence-electron chi connectivity index (χ1n) is 6.45. The van der Waals surface area contributed by atoms with Gasteiger partial charge < -0.3 is 9.64 Å². The van der Waals surface area contributed by atoms with Crippen molar-refractivity contribution in [3.8, 4) is 0 Å². The summed E-state index contributed by atoms with van der Waals surface area (Å²) in [5, 5.41) is 0. The fraction of sp³-hybridized carbons (Fsp3) is 0.571. The number of nitrogens with zero attached hydrogens (tertiary/aromatic N) is 2. The average molecular weight is 327 g/mol. The first-order valence-corrected chi connectivity index (χ1v) is 7.25. The first-order chi connectivity index (χ1) is 8.85. The minimum Gasteiger partial charge on any atom is -0.444 e. The fourth-order valence-corrected chi connectivity index (χ4v) is 2.50. The molecular formula is C14H19BrN2O2. The number of hydrogen-bond acceptors (Lipinski definition) is 3. The predicted octanol–water partition coefficient (Wildman–Crippen LogP) is 3.57. The molecule has 1 aliphatic heterocycles. The molecule has 1 saturated heterocycles. The molecule has 0 saturated carbocycles. The Morgan fingerprint density at radius 1 is 1.47 bits per heavy atom. The molecule has 104 valence electrons. The summed E-state index contributed by atoms with van der Waals surface area (Å²) in [5.74, 6) is 0.296. The molecule has 1 atom stereocenters. The standard InChI is InChI=1S/C14H19BrN2O2/c1-14(2,3)19-13(18)17-8-7-10(9-17)11-5-4-6-12(15)16-11/h4-6,10H,7-9H2,1-3H3. The van der Waals surface area contributed by atoms with E-state index in [-0.39, 0.29) is 6.09 Å². The second kappa shape index (κ2) is 5.49. The Hall–Kier alpha value is -1.10. The Kier molecular flexibility index (Phi) is 4.13. The van der Waals surface area contributed by atoms with Crippen LogP contribution in [0.5, 0.6) is 0 Å². The van der Waals surface area contributed by atoms with Crippen molar-refractivity contribution in [2.45, 2.75) is 38.7 Å². The van der Waals surface area contributed by atoms with Crippen molar-refractivity contribution in [1.29, 1.82) is 0 Å². The van der Waals surface area contributed by atoms with Gasteiger partial charge in [-0.3, -0.25) is 0 Å². The third-order valence-corrected chi connectivity index (χ3v) is 3.44. The highest BCUT2D eigenvalue weighted by Crippen LogP contribution is 2.27. The van der Waals surface area contributed by atoms with E-state index in [0.29, 0.717) is 12.5 Å². The summed E-state index contributed by atoms with van der Waals surface area (Å²) < 4.78 is 6.22. The van der Waals surface area contributed by atoms with Gasteiger partial charge in [-0.05, 0) is 55.3 Å². The highest BCUT2D eigenvalue weighted by Gasteiger charge is 2.31. The number of rotatable bonds is 1. The Balaban J connectivity index is 1.98. The van der Waals surface area contributed by atoms with E-state index >= 15 is 0 Å². The molecule has 0 spiro atoms. The molecule has 5 heteroatoms. The topological polar surface area (TPSA) is 42.4 Å². The molecule has 1 aromatic heterocycles. The van der Waals surface area contributed by atoms with Gasteiger partial charge in [-0.2, -0.15) is 0 Å². The predicted molar refractivity (Wildman–Crippen MR) is 77.1 cm³/mol. The minimum absolute atomic E-state index is 0.231. The normalized spacial score (nSPS) is 19.6. The fourth-order valence-electron chi connectivity index (χ4n) is 2.15. The summed E-state index contributed by atoms with van der Waals surface area (Å²) in [5.41, 5.74) is 0.587. The molecule has 1 amide bonds. The van der Waals surface area contributed by atoms with Crippen LogP contribution in [-0.4, -0.2) is 34.7 Å². The molecule has 19 heavy (non-hydrogen) atoms. The zero-order chi connectivity index (χ0) is 14.0. The van der Waals surface area contributed by atoms with Crippen LogP contribution in [0.4, 0.5) is 4.79 Å². The summed E-state index contributed by atoms with van der Waals surface area (Å²) in [6.45, 7) is 7.06. The van der Waals surface area contributed by atoms with E-state index < -0.39 is 5.60 Å². The number of ether oxygens (including phenoxy) is 1. The van der Waals surface area contributed by atoms with Crippen molar-refractivity contribution in [2.75, 3.05) is 13.1 Å². The number of carbonyl (C=O) groups is 1. The van der Waals surface area contributed by atoms with Crippen LogP contribution in [0.25, 0.3) is 0 Å². The van der Waals surface area contributed by atoms with Gasteiger partial charge in [0, 0.05) is 24.7 Å². The molecule has 0 radical (unpaired) electrons. The molecule has 1 unspecified atom stereocenters. The highest BCUT2D eigenvalue weighted by molar-refractivity contribution is 9.10. The van der Waals surface area contributed by atoms with Gasteiger partial charge in [0.1, 0.15) is 10.2 Å². The molecule has 0 N–H and O–H groups in total. The lowest BCUT2D eigenvalue weighted by Crippen LogP contribution is -2.35. The van der Waals surface area contributed by atoms with Gasteiger partial charge in [-0.25, -0.2) is 9.78 Å². The van der Waals surface area contributed by atoms with Crippen LogP contribution in [-0.2, 0) is 4.74 Å². The van der Waals surface area contributed by atoms with Crippen molar-refractivity contribution >= 4 is 22.0 Å². The van der Waals surface area contributed by atoms with Gasteiger partial charge in [0.25, 0.3) is 0 Å². The largest absolute Gasteiger partial charge is 0.444 e. The van der Waals surface area contributed by atoms with Gasteiger partial charge in [-0.1, -0.05) is 6.07 Å². The van der Waals surface area contributed by atoms with E-state index in [9.17, 15) is 4.79 Å². The molecule has 0 aromatic carbocycles. The number of hydrogen-bond donors (Lipinski definition) is 0. The zero-order valence-electron chi connectivity index (χ0n) is 11.5. The molecule has 2 heterocycles. The monoisotopic (exact) mass is 326 g/mol. The number of carbonyl (C=O) groups excluding carboxylic acids is 1. The summed E-state index contributed by atoms with van der Waals surface area (Å²) in [7, 11) is 0. The summed E-state index contributed by atoms with van der Waals surface area (Å²) in [4.78, 5) is 18.2. The van der Waals surface area contributed by atoms with E-state index in [1.807, 2.05) is 39.0 Å². The lowest BCUT2D eigenvalue weighted by Gasteiger charge is -2.24. The van der Waals surface area contributed by atoms with Crippen molar-refractivity contribution in [3.05, 3.63) is 28.5 Å². The molecular weight excluding hydrogens is 308 g/mol. The van der Waals surface area contributed by atoms with Crippen molar-refractivity contribution in [2.24, 2.45) is 0 Å². The smallest absolute Gasteiger partial charge is 0.410 e. The van der Waals surface area contributed by atoms with Gasteiger partial charge in [0.15, 0.2) is 0 Å². The minimum atomic E-state index is -0.441. The number of aromatic nitrogens is 1. The van der Waals surface area contributed by atoms with Crippen LogP contribution in [0, 0.1) is 0 Å². The maximum atomic E-state index is 12.0. The van der Waals surface area contributed by atoms with Crippen molar-refractivity contribution in [1.82, 2.24) is 9.88 Å². The van der Waals surface area contributed by atoms with Crippen LogP contribution in [0.15, 0.2) is 22.8 Å². The van der Waals surface area contributed by atoms with E-state index in [2.05, 4.69) is 20.9 Å². The number of likely N-dealkylation sites (tertiary alicyclic amines) is 1. The lowest BCUT2D eigenvalue weighted by molar-refractivity contribution is 0.0292. The van der Waals surface area contributed by atoms with E-state index in [4.69, 9.17) is 4.74 Å². The molecule has 2 rings (SSSR count). The van der Waals surface area contributed by atoms with Crippen LogP contribution in [0.1, 0.15) is 38.8 Å². The SMILES string of the molecule is CC(C)(C)OC(=O)N1CCC(c2cccc(Br)n2)C1.